The molecule has 2 heteroatoms. The molecule has 2 fully saturated rings. The van der Waals surface area contributed by atoms with Gasteiger partial charge in [-0.2, -0.15) is 0 Å². The van der Waals surface area contributed by atoms with Crippen molar-refractivity contribution in [2.75, 3.05) is 0 Å². The van der Waals surface area contributed by atoms with Crippen molar-refractivity contribution in [2.24, 2.45) is 23.3 Å². The lowest BCUT2D eigenvalue weighted by atomic mass is 9.76. The number of hydrogen-bond donors (Lipinski definition) is 2. The second-order valence-corrected chi connectivity index (χ2v) is 9.63. The zero-order chi connectivity index (χ0) is 19.7. The lowest BCUT2D eigenvalue weighted by Crippen LogP contribution is -2.30. The van der Waals surface area contributed by atoms with Crippen LogP contribution >= 0.6 is 0 Å². The van der Waals surface area contributed by atoms with Crippen molar-refractivity contribution in [3.05, 3.63) is 0 Å². The first kappa shape index (κ1) is 27.9. The Morgan fingerprint density at radius 3 is 1.07 bits per heavy atom. The zero-order valence-corrected chi connectivity index (χ0v) is 18.9. The number of nitrogens with two attached hydrogens (primary N) is 2. The van der Waals surface area contributed by atoms with Crippen LogP contribution in [0.5, 0.6) is 0 Å². The molecule has 2 aliphatic carbocycles. The summed E-state index contributed by atoms with van der Waals surface area (Å²) in [5.41, 5.74) is 11.9. The van der Waals surface area contributed by atoms with E-state index in [2.05, 4.69) is 13.8 Å². The van der Waals surface area contributed by atoms with E-state index in [-0.39, 0.29) is 7.43 Å². The molecule has 0 amide bonds. The van der Waals surface area contributed by atoms with Crippen LogP contribution < -0.4 is 11.5 Å². The molecule has 0 radical (unpaired) electrons. The third-order valence-corrected chi connectivity index (χ3v) is 6.91. The Kier molecular flexibility index (Phi) is 18.9. The molecule has 0 aromatic heterocycles. The first-order valence-electron chi connectivity index (χ1n) is 12.7. The van der Waals surface area contributed by atoms with Crippen LogP contribution in [-0.2, 0) is 0 Å². The Hall–Kier alpha value is -0.0800. The molecule has 2 nitrogen and oxygen atoms in total. The van der Waals surface area contributed by atoms with Crippen molar-refractivity contribution in [1.82, 2.24) is 0 Å². The number of rotatable bonds is 11. The molecular weight excluding hydrogens is 340 g/mol. The molecule has 2 saturated carbocycles. The van der Waals surface area contributed by atoms with Crippen molar-refractivity contribution in [3.8, 4) is 0 Å². The normalized spacial score (nSPS) is 27.4. The van der Waals surface area contributed by atoms with E-state index < -0.39 is 0 Å². The Labute approximate surface area is 179 Å². The van der Waals surface area contributed by atoms with Crippen LogP contribution in [-0.4, -0.2) is 12.1 Å². The van der Waals surface area contributed by atoms with Gasteiger partial charge >= 0.3 is 0 Å². The average molecular weight is 397 g/mol. The zero-order valence-electron chi connectivity index (χ0n) is 18.9. The van der Waals surface area contributed by atoms with Crippen LogP contribution in [0.4, 0.5) is 0 Å². The maximum Gasteiger partial charge on any atom is 0.00390 e. The first-order valence-corrected chi connectivity index (χ1v) is 12.7. The van der Waals surface area contributed by atoms with Gasteiger partial charge in [0.25, 0.3) is 0 Å². The quantitative estimate of drug-likeness (QED) is 0.348. The van der Waals surface area contributed by atoms with E-state index in [1.807, 2.05) is 0 Å². The molecule has 2 rings (SSSR count). The van der Waals surface area contributed by atoms with E-state index in [0.29, 0.717) is 12.1 Å². The van der Waals surface area contributed by atoms with Gasteiger partial charge in [0.1, 0.15) is 0 Å². The highest BCUT2D eigenvalue weighted by Gasteiger charge is 2.24. The van der Waals surface area contributed by atoms with E-state index in [1.165, 1.54) is 122 Å². The van der Waals surface area contributed by atoms with Crippen LogP contribution in [0, 0.1) is 11.8 Å². The van der Waals surface area contributed by atoms with Gasteiger partial charge in [-0.05, 0) is 69.6 Å². The Balaban J connectivity index is 0.000000518. The molecule has 0 aliphatic heterocycles. The third-order valence-electron chi connectivity index (χ3n) is 6.91. The smallest absolute Gasteiger partial charge is 0.00390 e. The van der Waals surface area contributed by atoms with Gasteiger partial charge in [0, 0.05) is 12.1 Å². The molecular formula is C26H56N2. The minimum Gasteiger partial charge on any atom is -0.328 e. The van der Waals surface area contributed by atoms with E-state index in [0.717, 1.165) is 11.8 Å². The monoisotopic (exact) mass is 396 g/mol. The average Bonchev–Trinajstić information content (AvgIpc) is 2.68. The van der Waals surface area contributed by atoms with Crippen LogP contribution in [0.2, 0.25) is 0 Å². The third kappa shape index (κ3) is 14.9. The van der Waals surface area contributed by atoms with Crippen molar-refractivity contribution in [1.29, 1.82) is 0 Å². The molecule has 0 atom stereocenters. The highest BCUT2D eigenvalue weighted by Crippen LogP contribution is 2.34. The fraction of sp³-hybridized carbons (Fsp3) is 1.00. The fourth-order valence-corrected chi connectivity index (χ4v) is 4.88. The summed E-state index contributed by atoms with van der Waals surface area (Å²) in [4.78, 5) is 0. The molecule has 0 aromatic carbocycles. The Morgan fingerprint density at radius 1 is 0.500 bits per heavy atom. The van der Waals surface area contributed by atoms with E-state index in [4.69, 9.17) is 11.5 Å². The second-order valence-electron chi connectivity index (χ2n) is 9.63. The predicted molar refractivity (Wildman–Crippen MR) is 129 cm³/mol. The van der Waals surface area contributed by atoms with Gasteiger partial charge in [-0.15, -0.1) is 0 Å². The van der Waals surface area contributed by atoms with Gasteiger partial charge in [-0.25, -0.2) is 0 Å². The number of hydrogen-bond acceptors (Lipinski definition) is 2. The van der Waals surface area contributed by atoms with Crippen LogP contribution in [0.1, 0.15) is 143 Å². The van der Waals surface area contributed by atoms with Gasteiger partial charge in [0.05, 0.1) is 0 Å². The van der Waals surface area contributed by atoms with Gasteiger partial charge in [-0.3, -0.25) is 0 Å². The van der Waals surface area contributed by atoms with Crippen molar-refractivity contribution in [2.45, 2.75) is 155 Å². The second kappa shape index (κ2) is 18.9. The Bertz CT molecular complexity index is 272. The van der Waals surface area contributed by atoms with E-state index in [9.17, 15) is 0 Å². The van der Waals surface area contributed by atoms with Gasteiger partial charge in [0.15, 0.2) is 0 Å². The summed E-state index contributed by atoms with van der Waals surface area (Å²) < 4.78 is 0. The molecule has 0 spiro atoms. The summed E-state index contributed by atoms with van der Waals surface area (Å²) in [6, 6.07) is 1.00. The van der Waals surface area contributed by atoms with E-state index >= 15 is 0 Å². The molecule has 0 heterocycles. The first-order chi connectivity index (χ1) is 13.2. The standard InChI is InChI=1S/C13H26N2.C12H26.CH4/c14-12-5-1-10(2-6-12)9-11-3-7-13(15)8-4-11;1-3-5-7-9-11-12-10-8-6-4-2;/h10-13H,1-9,14-15H2;3-12H2,1-2H3;1H4. The molecule has 170 valence electrons. The molecule has 0 saturated heterocycles. The highest BCUT2D eigenvalue weighted by atomic mass is 14.6. The minimum atomic E-state index is 0. The molecule has 28 heavy (non-hydrogen) atoms. The summed E-state index contributed by atoms with van der Waals surface area (Å²) >= 11 is 0. The molecule has 0 unspecified atom stereocenters. The Morgan fingerprint density at radius 2 is 0.786 bits per heavy atom. The summed E-state index contributed by atoms with van der Waals surface area (Å²) in [6.07, 6.45) is 26.5. The minimum absolute atomic E-state index is 0. The number of unbranched alkanes of at least 4 members (excludes halogenated alkanes) is 9. The maximum atomic E-state index is 5.93. The van der Waals surface area contributed by atoms with Crippen molar-refractivity contribution in [3.63, 3.8) is 0 Å². The van der Waals surface area contributed by atoms with Gasteiger partial charge in [-0.1, -0.05) is 85.5 Å². The maximum absolute atomic E-state index is 5.93. The largest absolute Gasteiger partial charge is 0.328 e. The molecule has 0 aromatic rings. The summed E-state index contributed by atoms with van der Waals surface area (Å²) in [5, 5.41) is 0. The lowest BCUT2D eigenvalue weighted by molar-refractivity contribution is 0.225. The summed E-state index contributed by atoms with van der Waals surface area (Å²) in [5.74, 6) is 1.95. The predicted octanol–water partition coefficient (Wildman–Crippen LogP) is 7.97. The fourth-order valence-electron chi connectivity index (χ4n) is 4.88. The lowest BCUT2D eigenvalue weighted by Gasteiger charge is -2.32. The van der Waals surface area contributed by atoms with Crippen molar-refractivity contribution < 1.29 is 0 Å². The van der Waals surface area contributed by atoms with E-state index in [1.54, 1.807) is 0 Å². The van der Waals surface area contributed by atoms with Gasteiger partial charge < -0.3 is 11.5 Å². The highest BCUT2D eigenvalue weighted by molar-refractivity contribution is 4.80. The topological polar surface area (TPSA) is 52.0 Å². The molecule has 0 bridgehead atoms. The summed E-state index contributed by atoms with van der Waals surface area (Å²) in [6.45, 7) is 4.56. The molecule has 4 N–H and O–H groups in total. The van der Waals surface area contributed by atoms with Crippen LogP contribution in [0.3, 0.4) is 0 Å². The van der Waals surface area contributed by atoms with Crippen molar-refractivity contribution >= 4 is 0 Å². The summed E-state index contributed by atoms with van der Waals surface area (Å²) in [7, 11) is 0. The SMILES string of the molecule is C.CCCCCCCCCCCC.NC1CCC(CC2CCC(N)CC2)CC1. The van der Waals surface area contributed by atoms with Crippen LogP contribution in [0.15, 0.2) is 0 Å². The van der Waals surface area contributed by atoms with Crippen LogP contribution in [0.25, 0.3) is 0 Å². The van der Waals surface area contributed by atoms with Gasteiger partial charge in [0.2, 0.25) is 0 Å². The molecule has 2 aliphatic rings.